The molecule has 0 aliphatic heterocycles. The van der Waals surface area contributed by atoms with Gasteiger partial charge in [0.15, 0.2) is 0 Å². The molecule has 4 nitrogen and oxygen atoms in total. The SMILES string of the molecule is Cc1ccccc1C(=N)C(C)C(C)(C)NC(=O)c1ccncc1. The second-order valence-electron chi connectivity index (χ2n) is 6.36. The van der Waals surface area contributed by atoms with Gasteiger partial charge in [0.05, 0.1) is 0 Å². The molecule has 0 aliphatic carbocycles. The molecule has 1 amide bonds. The Morgan fingerprint density at radius 2 is 1.78 bits per heavy atom. The third-order valence-electron chi connectivity index (χ3n) is 4.33. The van der Waals surface area contributed by atoms with Crippen LogP contribution < -0.4 is 5.32 Å². The number of benzene rings is 1. The number of nitrogens with one attached hydrogen (secondary N) is 2. The predicted octanol–water partition coefficient (Wildman–Crippen LogP) is 3.60. The van der Waals surface area contributed by atoms with Gasteiger partial charge in [-0.2, -0.15) is 0 Å². The Balaban J connectivity index is 2.17. The van der Waals surface area contributed by atoms with E-state index < -0.39 is 5.54 Å². The summed E-state index contributed by atoms with van der Waals surface area (Å²) in [7, 11) is 0. The van der Waals surface area contributed by atoms with Crippen molar-refractivity contribution in [2.24, 2.45) is 5.92 Å². The van der Waals surface area contributed by atoms with Crippen molar-refractivity contribution in [3.05, 3.63) is 65.5 Å². The van der Waals surface area contributed by atoms with E-state index in [-0.39, 0.29) is 11.8 Å². The summed E-state index contributed by atoms with van der Waals surface area (Å²) in [4.78, 5) is 16.3. The molecular weight excluding hydrogens is 286 g/mol. The number of hydrogen-bond acceptors (Lipinski definition) is 3. The van der Waals surface area contributed by atoms with Crippen molar-refractivity contribution >= 4 is 11.6 Å². The standard InChI is InChI=1S/C19H23N3O/c1-13-7-5-6-8-16(13)17(20)14(2)19(3,4)22-18(23)15-9-11-21-12-10-15/h5-12,14,20H,1-4H3,(H,22,23). The van der Waals surface area contributed by atoms with E-state index >= 15 is 0 Å². The van der Waals surface area contributed by atoms with Crippen LogP contribution in [0.4, 0.5) is 0 Å². The van der Waals surface area contributed by atoms with Crippen LogP contribution in [0.2, 0.25) is 0 Å². The first-order valence-corrected chi connectivity index (χ1v) is 7.70. The number of aryl methyl sites for hydroxylation is 1. The molecule has 0 radical (unpaired) electrons. The van der Waals surface area contributed by atoms with E-state index in [4.69, 9.17) is 5.41 Å². The predicted molar refractivity (Wildman–Crippen MR) is 93.0 cm³/mol. The van der Waals surface area contributed by atoms with Crippen molar-refractivity contribution in [1.29, 1.82) is 5.41 Å². The summed E-state index contributed by atoms with van der Waals surface area (Å²) in [6, 6.07) is 11.2. The maximum absolute atomic E-state index is 12.4. The molecule has 1 aromatic heterocycles. The zero-order valence-corrected chi connectivity index (χ0v) is 14.1. The fourth-order valence-electron chi connectivity index (χ4n) is 2.45. The molecule has 0 fully saturated rings. The van der Waals surface area contributed by atoms with Gasteiger partial charge in [-0.3, -0.25) is 9.78 Å². The Labute approximate surface area is 137 Å². The van der Waals surface area contributed by atoms with Crippen molar-refractivity contribution in [1.82, 2.24) is 10.3 Å². The van der Waals surface area contributed by atoms with Crippen LogP contribution in [0.5, 0.6) is 0 Å². The largest absolute Gasteiger partial charge is 0.346 e. The van der Waals surface area contributed by atoms with Crippen LogP contribution in [-0.4, -0.2) is 22.1 Å². The van der Waals surface area contributed by atoms with E-state index in [1.165, 1.54) is 0 Å². The van der Waals surface area contributed by atoms with E-state index in [9.17, 15) is 4.79 Å². The second-order valence-corrected chi connectivity index (χ2v) is 6.36. The van der Waals surface area contributed by atoms with Gasteiger partial charge in [-0.25, -0.2) is 0 Å². The number of carbonyl (C=O) groups is 1. The van der Waals surface area contributed by atoms with E-state index in [1.807, 2.05) is 52.0 Å². The molecular formula is C19H23N3O. The number of hydrogen-bond donors (Lipinski definition) is 2. The Morgan fingerprint density at radius 1 is 1.17 bits per heavy atom. The summed E-state index contributed by atoms with van der Waals surface area (Å²) in [5, 5.41) is 11.6. The third kappa shape index (κ3) is 3.83. The molecule has 1 unspecified atom stereocenters. The molecule has 0 saturated carbocycles. The van der Waals surface area contributed by atoms with Crippen molar-refractivity contribution < 1.29 is 4.79 Å². The molecule has 120 valence electrons. The van der Waals surface area contributed by atoms with Crippen molar-refractivity contribution in [3.8, 4) is 0 Å². The number of carbonyl (C=O) groups excluding carboxylic acids is 1. The van der Waals surface area contributed by atoms with Gasteiger partial charge in [0.25, 0.3) is 5.91 Å². The van der Waals surface area contributed by atoms with Gasteiger partial charge >= 0.3 is 0 Å². The zero-order chi connectivity index (χ0) is 17.0. The zero-order valence-electron chi connectivity index (χ0n) is 14.1. The first-order chi connectivity index (χ1) is 10.8. The minimum Gasteiger partial charge on any atom is -0.346 e. The molecule has 0 spiro atoms. The van der Waals surface area contributed by atoms with Crippen molar-refractivity contribution in [2.45, 2.75) is 33.2 Å². The highest BCUT2D eigenvalue weighted by Crippen LogP contribution is 2.23. The van der Waals surface area contributed by atoms with Crippen LogP contribution in [0.15, 0.2) is 48.8 Å². The summed E-state index contributed by atoms with van der Waals surface area (Å²) < 4.78 is 0. The van der Waals surface area contributed by atoms with E-state index in [2.05, 4.69) is 10.3 Å². The van der Waals surface area contributed by atoms with Gasteiger partial charge in [0.1, 0.15) is 0 Å². The molecule has 1 aromatic carbocycles. The molecule has 23 heavy (non-hydrogen) atoms. The average Bonchev–Trinajstić information content (AvgIpc) is 2.54. The number of nitrogens with zero attached hydrogens (tertiary/aromatic N) is 1. The summed E-state index contributed by atoms with van der Waals surface area (Å²) in [6.07, 6.45) is 3.20. The molecule has 0 aliphatic rings. The lowest BCUT2D eigenvalue weighted by Gasteiger charge is -2.34. The molecule has 2 rings (SSSR count). The normalized spacial score (nSPS) is 12.5. The number of pyridine rings is 1. The van der Waals surface area contributed by atoms with Gasteiger partial charge in [-0.1, -0.05) is 31.2 Å². The van der Waals surface area contributed by atoms with Crippen LogP contribution in [0, 0.1) is 18.3 Å². The minimum atomic E-state index is -0.542. The van der Waals surface area contributed by atoms with Crippen molar-refractivity contribution in [2.75, 3.05) is 0 Å². The van der Waals surface area contributed by atoms with Gasteiger partial charge in [-0.15, -0.1) is 0 Å². The molecule has 4 heteroatoms. The maximum atomic E-state index is 12.4. The Kier molecular flexibility index (Phi) is 4.94. The van der Waals surface area contributed by atoms with Crippen molar-refractivity contribution in [3.63, 3.8) is 0 Å². The molecule has 0 saturated heterocycles. The summed E-state index contributed by atoms with van der Waals surface area (Å²) in [5.41, 5.74) is 2.55. The summed E-state index contributed by atoms with van der Waals surface area (Å²) in [6.45, 7) is 7.87. The minimum absolute atomic E-state index is 0.130. The lowest BCUT2D eigenvalue weighted by molar-refractivity contribution is 0.0900. The number of rotatable bonds is 5. The fourth-order valence-corrected chi connectivity index (χ4v) is 2.45. The quantitative estimate of drug-likeness (QED) is 0.829. The van der Waals surface area contributed by atoms with Crippen LogP contribution >= 0.6 is 0 Å². The molecule has 1 atom stereocenters. The lowest BCUT2D eigenvalue weighted by atomic mass is 9.81. The Hall–Kier alpha value is -2.49. The number of amides is 1. The maximum Gasteiger partial charge on any atom is 0.251 e. The highest BCUT2D eigenvalue weighted by Gasteiger charge is 2.31. The molecule has 2 N–H and O–H groups in total. The Morgan fingerprint density at radius 3 is 2.39 bits per heavy atom. The summed E-state index contributed by atoms with van der Waals surface area (Å²) in [5.74, 6) is -0.281. The molecule has 2 aromatic rings. The first-order valence-electron chi connectivity index (χ1n) is 7.70. The van der Waals surface area contributed by atoms with Gasteiger partial charge in [0.2, 0.25) is 0 Å². The van der Waals surface area contributed by atoms with E-state index in [1.54, 1.807) is 24.5 Å². The number of aromatic nitrogens is 1. The third-order valence-corrected chi connectivity index (χ3v) is 4.33. The van der Waals surface area contributed by atoms with Crippen LogP contribution in [0.25, 0.3) is 0 Å². The Bertz CT molecular complexity index is 708. The van der Waals surface area contributed by atoms with Crippen LogP contribution in [-0.2, 0) is 0 Å². The van der Waals surface area contributed by atoms with Crippen LogP contribution in [0.3, 0.4) is 0 Å². The monoisotopic (exact) mass is 309 g/mol. The first kappa shape index (κ1) is 16.9. The van der Waals surface area contributed by atoms with E-state index in [0.29, 0.717) is 11.3 Å². The van der Waals surface area contributed by atoms with E-state index in [0.717, 1.165) is 11.1 Å². The average molecular weight is 309 g/mol. The fraction of sp³-hybridized carbons (Fsp3) is 0.316. The summed E-state index contributed by atoms with van der Waals surface area (Å²) >= 11 is 0. The highest BCUT2D eigenvalue weighted by molar-refractivity contribution is 6.02. The van der Waals surface area contributed by atoms with Gasteiger partial charge < -0.3 is 10.7 Å². The molecule has 1 heterocycles. The van der Waals surface area contributed by atoms with Gasteiger partial charge in [0, 0.05) is 35.1 Å². The van der Waals surface area contributed by atoms with Crippen LogP contribution in [0.1, 0.15) is 42.3 Å². The lowest BCUT2D eigenvalue weighted by Crippen LogP contribution is -2.50. The smallest absolute Gasteiger partial charge is 0.251 e. The highest BCUT2D eigenvalue weighted by atomic mass is 16.1. The molecule has 0 bridgehead atoms. The topological polar surface area (TPSA) is 65.8 Å². The van der Waals surface area contributed by atoms with Gasteiger partial charge in [-0.05, 0) is 44.0 Å². The second kappa shape index (κ2) is 6.73.